The van der Waals surface area contributed by atoms with Crippen LogP contribution in [0.15, 0.2) is 48.5 Å². The Kier molecular flexibility index (Phi) is 6.98. The summed E-state index contributed by atoms with van der Waals surface area (Å²) in [6.07, 6.45) is 3.93. The number of nitrogens with one attached hydrogen (secondary N) is 1. The Bertz CT molecular complexity index is 2080. The number of methoxy groups -OCH3 is 2. The van der Waals surface area contributed by atoms with Crippen LogP contribution in [0.5, 0.6) is 5.75 Å². The van der Waals surface area contributed by atoms with E-state index in [0.717, 1.165) is 64.3 Å². The second-order valence-electron chi connectivity index (χ2n) is 13.3. The van der Waals surface area contributed by atoms with E-state index < -0.39 is 6.09 Å². The molecule has 4 heterocycles. The Labute approximate surface area is 272 Å². The van der Waals surface area contributed by atoms with Gasteiger partial charge in [-0.2, -0.15) is 0 Å². The van der Waals surface area contributed by atoms with Crippen LogP contribution in [0, 0.1) is 18.8 Å². The molecule has 1 saturated heterocycles. The van der Waals surface area contributed by atoms with Crippen molar-refractivity contribution in [2.24, 2.45) is 24.6 Å². The first-order valence-corrected chi connectivity index (χ1v) is 16.3. The number of carbonyl (C=O) groups is 2. The molecule has 3 atom stereocenters. The number of anilines is 1. The van der Waals surface area contributed by atoms with E-state index in [9.17, 15) is 9.59 Å². The van der Waals surface area contributed by atoms with E-state index >= 15 is 0 Å². The highest BCUT2D eigenvalue weighted by molar-refractivity contribution is 6.00. The standard InChI is InChI=1S/C36H39N7O4/c1-19-13-24(38-36(45)47-4)9-10-25(19)26-11-7-21-15-29(42(33(21)39-26)17-20-5-6-20)34-40-27-14-23(16-30(46-3)32(27)41(34)2)35(44)43-18-22-8-12-28(43)31(22)37/h7,9-11,13-16,20,22,28,31H,5-6,8,12,17-18,37H2,1-4H3,(H,38,45)/t22-,28-,31-/m1/s1. The predicted octanol–water partition coefficient (Wildman–Crippen LogP) is 5.72. The molecular weight excluding hydrogens is 594 g/mol. The van der Waals surface area contributed by atoms with Crippen LogP contribution in [0.3, 0.4) is 0 Å². The average molecular weight is 634 g/mol. The normalized spacial score (nSPS) is 20.4. The zero-order valence-electron chi connectivity index (χ0n) is 27.1. The number of rotatable bonds is 7. The van der Waals surface area contributed by atoms with Crippen LogP contribution >= 0.6 is 0 Å². The molecule has 2 bridgehead atoms. The fourth-order valence-corrected chi connectivity index (χ4v) is 7.67. The second kappa shape index (κ2) is 11.1. The van der Waals surface area contributed by atoms with Crippen molar-refractivity contribution < 1.29 is 19.1 Å². The van der Waals surface area contributed by atoms with Crippen molar-refractivity contribution in [2.75, 3.05) is 26.1 Å². The number of likely N-dealkylation sites (tertiary alicyclic amines) is 1. The minimum absolute atomic E-state index is 0.0102. The highest BCUT2D eigenvalue weighted by Crippen LogP contribution is 2.40. The van der Waals surface area contributed by atoms with E-state index in [1.807, 2.05) is 55.3 Å². The van der Waals surface area contributed by atoms with Crippen molar-refractivity contribution in [1.82, 2.24) is 24.0 Å². The molecule has 3 fully saturated rings. The van der Waals surface area contributed by atoms with Crippen molar-refractivity contribution >= 4 is 39.8 Å². The van der Waals surface area contributed by atoms with E-state index in [0.29, 0.717) is 40.9 Å². The summed E-state index contributed by atoms with van der Waals surface area (Å²) in [6.45, 7) is 3.56. The maximum atomic E-state index is 13.8. The Morgan fingerprint density at radius 3 is 2.53 bits per heavy atom. The first-order chi connectivity index (χ1) is 22.7. The zero-order valence-corrected chi connectivity index (χ0v) is 27.1. The summed E-state index contributed by atoms with van der Waals surface area (Å²) in [6, 6.07) is 15.9. The van der Waals surface area contributed by atoms with Crippen LogP contribution in [-0.2, 0) is 18.3 Å². The molecular formula is C36H39N7O4. The Morgan fingerprint density at radius 2 is 1.85 bits per heavy atom. The molecule has 2 saturated carbocycles. The number of hydrogen-bond acceptors (Lipinski definition) is 7. The van der Waals surface area contributed by atoms with Crippen molar-refractivity contribution in [3.63, 3.8) is 0 Å². The van der Waals surface area contributed by atoms with Gasteiger partial charge in [-0.25, -0.2) is 14.8 Å². The molecule has 0 unspecified atom stereocenters. The number of fused-ring (bicyclic) bond motifs is 4. The molecule has 2 aromatic carbocycles. The number of benzene rings is 2. The molecule has 11 heteroatoms. The third-order valence-corrected chi connectivity index (χ3v) is 10.4. The number of ether oxygens (including phenoxy) is 2. The Morgan fingerprint density at radius 1 is 1.02 bits per heavy atom. The molecule has 47 heavy (non-hydrogen) atoms. The van der Waals surface area contributed by atoms with Gasteiger partial charge in [0.25, 0.3) is 5.91 Å². The molecule has 0 radical (unpaired) electrons. The number of aromatic nitrogens is 4. The number of imidazole rings is 1. The van der Waals surface area contributed by atoms with Crippen LogP contribution in [0.25, 0.3) is 44.8 Å². The third kappa shape index (κ3) is 4.91. The van der Waals surface area contributed by atoms with Crippen LogP contribution in [0.4, 0.5) is 10.5 Å². The number of hydrogen-bond donors (Lipinski definition) is 2. The first-order valence-electron chi connectivity index (χ1n) is 16.3. The average Bonchev–Trinajstić information content (AvgIpc) is 3.48. The van der Waals surface area contributed by atoms with E-state index in [2.05, 4.69) is 26.6 Å². The lowest BCUT2D eigenvalue weighted by molar-refractivity contribution is 0.0700. The molecule has 3 N–H and O–H groups in total. The maximum absolute atomic E-state index is 13.8. The number of pyridine rings is 1. The summed E-state index contributed by atoms with van der Waals surface area (Å²) >= 11 is 0. The molecule has 2 aliphatic carbocycles. The quantitative estimate of drug-likeness (QED) is 0.234. The molecule has 11 nitrogen and oxygen atoms in total. The van der Waals surface area contributed by atoms with Crippen molar-refractivity contribution in [1.29, 1.82) is 0 Å². The number of nitrogens with two attached hydrogens (primary N) is 1. The Balaban J connectivity index is 1.20. The summed E-state index contributed by atoms with van der Waals surface area (Å²) < 4.78 is 15.0. The van der Waals surface area contributed by atoms with Crippen LogP contribution in [-0.4, -0.2) is 68.9 Å². The van der Waals surface area contributed by atoms with Gasteiger partial charge in [-0.15, -0.1) is 0 Å². The number of carbonyl (C=O) groups excluding carboxylic acids is 2. The molecule has 3 aromatic heterocycles. The molecule has 8 rings (SSSR count). The van der Waals surface area contributed by atoms with Gasteiger partial charge in [-0.05, 0) is 92.5 Å². The molecule has 0 spiro atoms. The predicted molar refractivity (Wildman–Crippen MR) is 180 cm³/mol. The van der Waals surface area contributed by atoms with Gasteiger partial charge in [0.05, 0.1) is 31.1 Å². The van der Waals surface area contributed by atoms with Gasteiger partial charge in [0, 0.05) is 54.4 Å². The SMILES string of the molecule is COC(=O)Nc1ccc(-c2ccc3cc(-c4nc5cc(C(=O)N6C[C@H]7CC[C@@H]6[C@@H]7N)cc(OC)c5n4C)n(CC4CC4)c3n2)c(C)c1. The molecule has 5 aromatic rings. The summed E-state index contributed by atoms with van der Waals surface area (Å²) in [5.74, 6) is 2.37. The van der Waals surface area contributed by atoms with Gasteiger partial charge in [0.15, 0.2) is 5.82 Å². The van der Waals surface area contributed by atoms with Crippen LogP contribution in [0.2, 0.25) is 0 Å². The van der Waals surface area contributed by atoms with Gasteiger partial charge in [0.1, 0.15) is 16.9 Å². The van der Waals surface area contributed by atoms with E-state index in [4.69, 9.17) is 25.2 Å². The fourth-order valence-electron chi connectivity index (χ4n) is 7.67. The highest BCUT2D eigenvalue weighted by atomic mass is 16.5. The Hall–Kier alpha value is -4.90. The lowest BCUT2D eigenvalue weighted by atomic mass is 10.0. The topological polar surface area (TPSA) is 130 Å². The molecule has 1 aliphatic heterocycles. The van der Waals surface area contributed by atoms with Crippen molar-refractivity contribution in [2.45, 2.75) is 51.2 Å². The molecule has 2 amide bonds. The zero-order chi connectivity index (χ0) is 32.6. The van der Waals surface area contributed by atoms with E-state index in [1.165, 1.54) is 20.0 Å². The number of nitrogens with zero attached hydrogens (tertiary/aromatic N) is 5. The van der Waals surface area contributed by atoms with Gasteiger partial charge in [-0.1, -0.05) is 6.07 Å². The van der Waals surface area contributed by atoms with E-state index in [-0.39, 0.29) is 18.0 Å². The molecule has 242 valence electrons. The van der Waals surface area contributed by atoms with Gasteiger partial charge in [-0.3, -0.25) is 10.1 Å². The lowest BCUT2D eigenvalue weighted by Crippen LogP contribution is -2.41. The smallest absolute Gasteiger partial charge is 0.411 e. The van der Waals surface area contributed by atoms with E-state index in [1.54, 1.807) is 7.11 Å². The van der Waals surface area contributed by atoms with Gasteiger partial charge < -0.3 is 29.2 Å². The largest absolute Gasteiger partial charge is 0.494 e. The summed E-state index contributed by atoms with van der Waals surface area (Å²) in [5.41, 5.74) is 13.9. The lowest BCUT2D eigenvalue weighted by Gasteiger charge is -2.27. The minimum atomic E-state index is -0.507. The number of aryl methyl sites for hydroxylation is 2. The maximum Gasteiger partial charge on any atom is 0.411 e. The number of amides is 2. The minimum Gasteiger partial charge on any atom is -0.494 e. The van der Waals surface area contributed by atoms with Crippen LogP contribution in [0.1, 0.15) is 41.6 Å². The second-order valence-corrected chi connectivity index (χ2v) is 13.3. The van der Waals surface area contributed by atoms with Gasteiger partial charge in [0.2, 0.25) is 0 Å². The fraction of sp³-hybridized carbons (Fsp3) is 0.389. The third-order valence-electron chi connectivity index (χ3n) is 10.4. The van der Waals surface area contributed by atoms with Crippen LogP contribution < -0.4 is 15.8 Å². The summed E-state index contributed by atoms with van der Waals surface area (Å²) in [7, 11) is 4.98. The monoisotopic (exact) mass is 633 g/mol. The molecule has 3 aliphatic rings. The van der Waals surface area contributed by atoms with Gasteiger partial charge >= 0.3 is 6.09 Å². The highest BCUT2D eigenvalue weighted by Gasteiger charge is 2.47. The first kappa shape index (κ1) is 29.5. The summed E-state index contributed by atoms with van der Waals surface area (Å²) in [4.78, 5) is 37.7. The van der Waals surface area contributed by atoms with Crippen molar-refractivity contribution in [3.8, 4) is 28.5 Å². The number of piperidine rings is 1. The van der Waals surface area contributed by atoms with Crippen molar-refractivity contribution in [3.05, 3.63) is 59.7 Å². The summed E-state index contributed by atoms with van der Waals surface area (Å²) in [5, 5.41) is 3.75.